The van der Waals surface area contributed by atoms with Crippen molar-refractivity contribution in [2.24, 2.45) is 7.05 Å². The average Bonchev–Trinajstić information content (AvgIpc) is 2.64. The van der Waals surface area contributed by atoms with E-state index in [0.717, 1.165) is 16.3 Å². The zero-order chi connectivity index (χ0) is 11.7. The Balaban J connectivity index is 2.56. The van der Waals surface area contributed by atoms with Crippen molar-refractivity contribution in [1.82, 2.24) is 15.0 Å². The highest BCUT2D eigenvalue weighted by Crippen LogP contribution is 2.30. The summed E-state index contributed by atoms with van der Waals surface area (Å²) in [6.07, 6.45) is 1.91. The molecule has 0 amide bonds. The van der Waals surface area contributed by atoms with Crippen LogP contribution in [0.5, 0.6) is 0 Å². The number of aryl methyl sites for hydroxylation is 1. The molecule has 0 aliphatic rings. The van der Waals surface area contributed by atoms with E-state index in [2.05, 4.69) is 24.2 Å². The van der Waals surface area contributed by atoms with Crippen molar-refractivity contribution in [2.45, 2.75) is 19.8 Å². The first-order chi connectivity index (χ1) is 7.58. The van der Waals surface area contributed by atoms with Gasteiger partial charge in [0, 0.05) is 17.6 Å². The number of rotatable bonds is 2. The number of halogens is 1. The van der Waals surface area contributed by atoms with Crippen LogP contribution in [0.1, 0.15) is 25.3 Å². The third kappa shape index (κ3) is 2.09. The van der Waals surface area contributed by atoms with E-state index >= 15 is 0 Å². The Morgan fingerprint density at radius 2 is 2.06 bits per heavy atom. The largest absolute Gasteiger partial charge is 0.255 e. The zero-order valence-corrected chi connectivity index (χ0v) is 10.4. The van der Waals surface area contributed by atoms with Gasteiger partial charge in [0.25, 0.3) is 0 Å². The Labute approximate surface area is 100 Å². The molecule has 0 aliphatic carbocycles. The molecule has 0 radical (unpaired) electrons. The normalized spacial score (nSPS) is 11.1. The van der Waals surface area contributed by atoms with Gasteiger partial charge in [-0.2, -0.15) is 0 Å². The molecule has 0 N–H and O–H groups in total. The molecule has 0 saturated heterocycles. The summed E-state index contributed by atoms with van der Waals surface area (Å²) in [6, 6.07) is 5.88. The quantitative estimate of drug-likeness (QED) is 0.800. The average molecular weight is 236 g/mol. The van der Waals surface area contributed by atoms with Crippen LogP contribution in [-0.2, 0) is 7.05 Å². The van der Waals surface area contributed by atoms with Crippen molar-refractivity contribution in [3.05, 3.63) is 35.0 Å². The van der Waals surface area contributed by atoms with Gasteiger partial charge < -0.3 is 0 Å². The maximum absolute atomic E-state index is 6.01. The molecule has 0 unspecified atom stereocenters. The molecule has 0 spiro atoms. The van der Waals surface area contributed by atoms with Gasteiger partial charge in [-0.25, -0.2) is 0 Å². The summed E-state index contributed by atoms with van der Waals surface area (Å²) in [5, 5.41) is 8.84. The highest BCUT2D eigenvalue weighted by atomic mass is 35.5. The Morgan fingerprint density at radius 1 is 1.31 bits per heavy atom. The fourth-order valence-corrected chi connectivity index (χ4v) is 1.90. The monoisotopic (exact) mass is 235 g/mol. The van der Waals surface area contributed by atoms with Crippen molar-refractivity contribution >= 4 is 11.6 Å². The second-order valence-corrected chi connectivity index (χ2v) is 4.60. The molecule has 84 valence electrons. The van der Waals surface area contributed by atoms with Crippen LogP contribution in [0.25, 0.3) is 11.3 Å². The first-order valence-corrected chi connectivity index (χ1v) is 5.62. The van der Waals surface area contributed by atoms with E-state index in [4.69, 9.17) is 11.6 Å². The van der Waals surface area contributed by atoms with Crippen LogP contribution in [0.3, 0.4) is 0 Å². The first-order valence-electron chi connectivity index (χ1n) is 5.24. The van der Waals surface area contributed by atoms with Crippen LogP contribution < -0.4 is 0 Å². The summed E-state index contributed by atoms with van der Waals surface area (Å²) in [4.78, 5) is 0. The van der Waals surface area contributed by atoms with Gasteiger partial charge in [0.15, 0.2) is 0 Å². The summed E-state index contributed by atoms with van der Waals surface area (Å²) in [5.41, 5.74) is 3.20. The molecule has 4 heteroatoms. The van der Waals surface area contributed by atoms with Gasteiger partial charge in [0.2, 0.25) is 0 Å². The number of aromatic nitrogens is 3. The lowest BCUT2D eigenvalue weighted by atomic mass is 9.96. The summed E-state index contributed by atoms with van der Waals surface area (Å²) >= 11 is 6.01. The fourth-order valence-electron chi connectivity index (χ4n) is 1.72. The van der Waals surface area contributed by atoms with Gasteiger partial charge in [-0.15, -0.1) is 5.10 Å². The Kier molecular flexibility index (Phi) is 2.97. The fraction of sp³-hybridized carbons (Fsp3) is 0.333. The molecule has 1 aromatic carbocycles. The van der Waals surface area contributed by atoms with Crippen LogP contribution in [0.15, 0.2) is 24.4 Å². The molecule has 0 atom stereocenters. The van der Waals surface area contributed by atoms with E-state index in [1.807, 2.05) is 31.4 Å². The van der Waals surface area contributed by atoms with E-state index in [1.54, 1.807) is 4.68 Å². The van der Waals surface area contributed by atoms with Gasteiger partial charge in [-0.1, -0.05) is 36.7 Å². The maximum atomic E-state index is 6.01. The lowest BCUT2D eigenvalue weighted by Crippen LogP contribution is -1.92. The van der Waals surface area contributed by atoms with Crippen LogP contribution in [0.4, 0.5) is 0 Å². The third-order valence-electron chi connectivity index (χ3n) is 2.51. The zero-order valence-electron chi connectivity index (χ0n) is 9.61. The Bertz CT molecular complexity index is 503. The van der Waals surface area contributed by atoms with Crippen LogP contribution >= 0.6 is 11.6 Å². The number of nitrogens with zero attached hydrogens (tertiary/aromatic N) is 3. The van der Waals surface area contributed by atoms with Gasteiger partial charge >= 0.3 is 0 Å². The topological polar surface area (TPSA) is 30.7 Å². The van der Waals surface area contributed by atoms with Crippen molar-refractivity contribution < 1.29 is 0 Å². The Hall–Kier alpha value is -1.35. The molecular weight excluding hydrogens is 222 g/mol. The Morgan fingerprint density at radius 3 is 2.62 bits per heavy atom. The van der Waals surface area contributed by atoms with Gasteiger partial charge in [-0.05, 0) is 23.6 Å². The SMILES string of the molecule is CC(C)c1cc(Cl)ccc1-c1cn(C)nn1. The predicted octanol–water partition coefficient (Wildman–Crippen LogP) is 3.26. The number of hydrogen-bond acceptors (Lipinski definition) is 2. The van der Waals surface area contributed by atoms with E-state index in [1.165, 1.54) is 5.56 Å². The second kappa shape index (κ2) is 4.26. The molecule has 2 aromatic rings. The molecule has 0 fully saturated rings. The van der Waals surface area contributed by atoms with E-state index in [9.17, 15) is 0 Å². The van der Waals surface area contributed by atoms with Crippen molar-refractivity contribution in [1.29, 1.82) is 0 Å². The van der Waals surface area contributed by atoms with E-state index < -0.39 is 0 Å². The molecule has 3 nitrogen and oxygen atoms in total. The molecule has 1 aromatic heterocycles. The summed E-state index contributed by atoms with van der Waals surface area (Å²) in [5.74, 6) is 0.413. The van der Waals surface area contributed by atoms with Crippen molar-refractivity contribution in [3.8, 4) is 11.3 Å². The maximum Gasteiger partial charge on any atom is 0.113 e. The standard InChI is InChI=1S/C12H14ClN3/c1-8(2)11-6-9(13)4-5-10(11)12-7-16(3)15-14-12/h4-8H,1-3H3. The second-order valence-electron chi connectivity index (χ2n) is 4.16. The lowest BCUT2D eigenvalue weighted by Gasteiger charge is -2.10. The van der Waals surface area contributed by atoms with E-state index in [0.29, 0.717) is 5.92 Å². The third-order valence-corrected chi connectivity index (χ3v) is 2.75. The van der Waals surface area contributed by atoms with Crippen molar-refractivity contribution in [2.75, 3.05) is 0 Å². The summed E-state index contributed by atoms with van der Waals surface area (Å²) < 4.78 is 1.70. The molecular formula is C12H14ClN3. The number of hydrogen-bond donors (Lipinski definition) is 0. The molecule has 16 heavy (non-hydrogen) atoms. The van der Waals surface area contributed by atoms with Crippen LogP contribution in [0, 0.1) is 0 Å². The molecule has 1 heterocycles. The van der Waals surface area contributed by atoms with E-state index in [-0.39, 0.29) is 0 Å². The predicted molar refractivity (Wildman–Crippen MR) is 65.5 cm³/mol. The number of benzene rings is 1. The minimum absolute atomic E-state index is 0.413. The summed E-state index contributed by atoms with van der Waals surface area (Å²) in [6.45, 7) is 4.29. The highest BCUT2D eigenvalue weighted by molar-refractivity contribution is 6.30. The first kappa shape index (κ1) is 11.1. The molecule has 0 bridgehead atoms. The molecule has 0 aliphatic heterocycles. The van der Waals surface area contributed by atoms with Gasteiger partial charge in [0.1, 0.15) is 5.69 Å². The smallest absolute Gasteiger partial charge is 0.113 e. The van der Waals surface area contributed by atoms with Gasteiger partial charge in [-0.3, -0.25) is 4.68 Å². The van der Waals surface area contributed by atoms with Crippen molar-refractivity contribution in [3.63, 3.8) is 0 Å². The summed E-state index contributed by atoms with van der Waals surface area (Å²) in [7, 11) is 1.86. The minimum Gasteiger partial charge on any atom is -0.255 e. The lowest BCUT2D eigenvalue weighted by molar-refractivity contribution is 0.715. The van der Waals surface area contributed by atoms with Crippen LogP contribution in [0.2, 0.25) is 5.02 Å². The van der Waals surface area contributed by atoms with Gasteiger partial charge in [0.05, 0.1) is 6.20 Å². The molecule has 2 rings (SSSR count). The highest BCUT2D eigenvalue weighted by Gasteiger charge is 2.11. The minimum atomic E-state index is 0.413. The van der Waals surface area contributed by atoms with Crippen LogP contribution in [-0.4, -0.2) is 15.0 Å². The molecule has 0 saturated carbocycles.